The number of nitrogens with zero attached hydrogens (tertiary/aromatic N) is 2. The second-order valence-corrected chi connectivity index (χ2v) is 14.7. The number of carbonyl (C=O) groups is 2. The van der Waals surface area contributed by atoms with E-state index in [0.717, 1.165) is 37.6 Å². The van der Waals surface area contributed by atoms with Gasteiger partial charge in [-0.25, -0.2) is 12.8 Å². The van der Waals surface area contributed by atoms with Crippen molar-refractivity contribution in [1.29, 1.82) is 0 Å². The predicted octanol–water partition coefficient (Wildman–Crippen LogP) is 6.65. The molecule has 0 radical (unpaired) electrons. The van der Waals surface area contributed by atoms with Crippen LogP contribution in [0.25, 0.3) is 0 Å². The first-order chi connectivity index (χ1) is 21.2. The van der Waals surface area contributed by atoms with E-state index in [-0.39, 0.29) is 29.5 Å². The van der Waals surface area contributed by atoms with Crippen molar-refractivity contribution in [1.82, 2.24) is 10.2 Å². The van der Waals surface area contributed by atoms with E-state index in [1.165, 1.54) is 17.0 Å². The summed E-state index contributed by atoms with van der Waals surface area (Å²) in [5, 5.41) is 3.01. The molecule has 0 aliphatic heterocycles. The zero-order valence-electron chi connectivity index (χ0n) is 25.7. The normalized spacial score (nSPS) is 12.3. The molecule has 45 heavy (non-hydrogen) atoms. The van der Waals surface area contributed by atoms with Gasteiger partial charge in [0, 0.05) is 23.0 Å². The van der Waals surface area contributed by atoms with Crippen LogP contribution in [0.2, 0.25) is 0 Å². The number of benzene rings is 4. The molecule has 1 unspecified atom stereocenters. The van der Waals surface area contributed by atoms with Crippen molar-refractivity contribution >= 4 is 43.5 Å². The Kier molecular flexibility index (Phi) is 10.8. The van der Waals surface area contributed by atoms with Crippen molar-refractivity contribution in [3.05, 3.63) is 130 Å². The molecule has 0 bridgehead atoms. The van der Waals surface area contributed by atoms with Gasteiger partial charge in [0.05, 0.1) is 10.6 Å². The number of sulfonamides is 1. The van der Waals surface area contributed by atoms with Crippen LogP contribution in [0.5, 0.6) is 0 Å². The van der Waals surface area contributed by atoms with E-state index in [0.29, 0.717) is 0 Å². The molecule has 0 aliphatic rings. The smallest absolute Gasteiger partial charge is 0.264 e. The summed E-state index contributed by atoms with van der Waals surface area (Å²) in [6.07, 6.45) is 0.209. The number of nitrogens with one attached hydrogen (secondary N) is 1. The van der Waals surface area contributed by atoms with Crippen LogP contribution in [0, 0.1) is 12.7 Å². The lowest BCUT2D eigenvalue weighted by atomic mass is 10.0. The molecule has 4 aromatic rings. The first-order valence-corrected chi connectivity index (χ1v) is 16.7. The largest absolute Gasteiger partial charge is 0.350 e. The second kappa shape index (κ2) is 14.4. The van der Waals surface area contributed by atoms with Gasteiger partial charge in [0.15, 0.2) is 0 Å². The number of carbonyl (C=O) groups excluding carboxylic acids is 2. The molecule has 4 rings (SSSR count). The maximum atomic E-state index is 14.5. The fraction of sp³-hybridized carbons (Fsp3) is 0.257. The summed E-state index contributed by atoms with van der Waals surface area (Å²) in [7, 11) is -4.31. The molecule has 2 amide bonds. The molecule has 4 aromatic carbocycles. The van der Waals surface area contributed by atoms with E-state index < -0.39 is 39.9 Å². The molecule has 1 atom stereocenters. The highest BCUT2D eigenvalue weighted by Crippen LogP contribution is 2.26. The van der Waals surface area contributed by atoms with Crippen LogP contribution in [0.3, 0.4) is 0 Å². The Morgan fingerprint density at radius 2 is 1.44 bits per heavy atom. The average molecular weight is 695 g/mol. The third-order valence-corrected chi connectivity index (χ3v) is 9.35. The van der Waals surface area contributed by atoms with Gasteiger partial charge in [-0.05, 0) is 87.4 Å². The summed E-state index contributed by atoms with van der Waals surface area (Å²) >= 11 is 3.44. The van der Waals surface area contributed by atoms with Gasteiger partial charge in [0.2, 0.25) is 11.8 Å². The van der Waals surface area contributed by atoms with Gasteiger partial charge >= 0.3 is 0 Å². The Morgan fingerprint density at radius 3 is 2.02 bits per heavy atom. The Balaban J connectivity index is 1.81. The highest BCUT2D eigenvalue weighted by Gasteiger charge is 2.35. The first kappa shape index (κ1) is 33.9. The molecule has 236 valence electrons. The topological polar surface area (TPSA) is 86.8 Å². The van der Waals surface area contributed by atoms with Crippen molar-refractivity contribution in [3.63, 3.8) is 0 Å². The minimum Gasteiger partial charge on any atom is -0.350 e. The minimum atomic E-state index is -4.31. The van der Waals surface area contributed by atoms with Gasteiger partial charge in [0.25, 0.3) is 10.0 Å². The Bertz CT molecular complexity index is 1710. The second-order valence-electron chi connectivity index (χ2n) is 11.9. The van der Waals surface area contributed by atoms with E-state index in [9.17, 15) is 22.4 Å². The lowest BCUT2D eigenvalue weighted by Gasteiger charge is -2.35. The molecule has 0 saturated heterocycles. The SMILES string of the molecule is Cc1ccc(N(CC(=O)N(Cc2ccc(Br)cc2)C(Cc2ccccc2)C(=O)NC(C)(C)C)S(=O)(=O)c2ccc(F)cc2)cc1. The van der Waals surface area contributed by atoms with E-state index in [1.54, 1.807) is 24.3 Å². The molecule has 0 aromatic heterocycles. The van der Waals surface area contributed by atoms with Crippen molar-refractivity contribution in [2.45, 2.75) is 57.1 Å². The van der Waals surface area contributed by atoms with Crippen LogP contribution in [-0.2, 0) is 32.6 Å². The Morgan fingerprint density at radius 1 is 0.844 bits per heavy atom. The maximum Gasteiger partial charge on any atom is 0.264 e. The molecule has 7 nitrogen and oxygen atoms in total. The molecular weight excluding hydrogens is 657 g/mol. The monoisotopic (exact) mass is 693 g/mol. The predicted molar refractivity (Wildman–Crippen MR) is 179 cm³/mol. The zero-order valence-corrected chi connectivity index (χ0v) is 28.1. The number of hydrogen-bond acceptors (Lipinski definition) is 4. The summed E-state index contributed by atoms with van der Waals surface area (Å²) in [5.41, 5.74) is 2.19. The molecular formula is C35H37BrFN3O4S. The number of amides is 2. The van der Waals surface area contributed by atoms with Gasteiger partial charge in [-0.15, -0.1) is 0 Å². The minimum absolute atomic E-state index is 0.0551. The van der Waals surface area contributed by atoms with Gasteiger partial charge in [-0.1, -0.05) is 76.1 Å². The summed E-state index contributed by atoms with van der Waals surface area (Å²) in [4.78, 5) is 29.7. The van der Waals surface area contributed by atoms with E-state index >= 15 is 0 Å². The standard InChI is InChI=1S/C35H37BrFN3O4S/c1-25-10-18-30(19-11-25)40(45(43,44)31-20-16-29(37)17-21-31)24-33(41)39(23-27-12-14-28(36)15-13-27)32(34(42)38-35(2,3)4)22-26-8-6-5-7-9-26/h5-21,32H,22-24H2,1-4H3,(H,38,42). The molecule has 0 aliphatic carbocycles. The highest BCUT2D eigenvalue weighted by molar-refractivity contribution is 9.10. The number of aryl methyl sites for hydroxylation is 1. The van der Waals surface area contributed by atoms with Crippen LogP contribution < -0.4 is 9.62 Å². The molecule has 1 N–H and O–H groups in total. The van der Waals surface area contributed by atoms with Crippen LogP contribution in [-0.4, -0.2) is 43.3 Å². The summed E-state index contributed by atoms with van der Waals surface area (Å²) in [5.74, 6) is -1.52. The number of halogens is 2. The van der Waals surface area contributed by atoms with Crippen LogP contribution in [0.15, 0.2) is 112 Å². The molecule has 0 saturated carbocycles. The van der Waals surface area contributed by atoms with Gasteiger partial charge in [-0.2, -0.15) is 0 Å². The summed E-state index contributed by atoms with van der Waals surface area (Å²) in [6, 6.07) is 27.0. The molecule has 0 spiro atoms. The van der Waals surface area contributed by atoms with Gasteiger partial charge in [0.1, 0.15) is 18.4 Å². The van der Waals surface area contributed by atoms with Crippen LogP contribution >= 0.6 is 15.9 Å². The van der Waals surface area contributed by atoms with Gasteiger partial charge < -0.3 is 10.2 Å². The van der Waals surface area contributed by atoms with Gasteiger partial charge in [-0.3, -0.25) is 13.9 Å². The van der Waals surface area contributed by atoms with E-state index in [4.69, 9.17) is 0 Å². The third kappa shape index (κ3) is 9.25. The third-order valence-electron chi connectivity index (χ3n) is 7.04. The lowest BCUT2D eigenvalue weighted by Crippen LogP contribution is -2.56. The highest BCUT2D eigenvalue weighted by atomic mass is 79.9. The molecule has 0 heterocycles. The van der Waals surface area contributed by atoms with Crippen molar-refractivity contribution in [2.75, 3.05) is 10.8 Å². The summed E-state index contributed by atoms with van der Waals surface area (Å²) in [6.45, 7) is 6.92. The average Bonchev–Trinajstić information content (AvgIpc) is 2.99. The lowest BCUT2D eigenvalue weighted by molar-refractivity contribution is -0.140. The van der Waals surface area contributed by atoms with Crippen molar-refractivity contribution in [3.8, 4) is 0 Å². The van der Waals surface area contributed by atoms with E-state index in [1.807, 2.05) is 82.3 Å². The first-order valence-electron chi connectivity index (χ1n) is 14.5. The Labute approximate surface area is 273 Å². The molecule has 0 fully saturated rings. The maximum absolute atomic E-state index is 14.5. The Hall–Kier alpha value is -4.02. The van der Waals surface area contributed by atoms with Crippen LogP contribution in [0.1, 0.15) is 37.5 Å². The fourth-order valence-corrected chi connectivity index (χ4v) is 6.45. The van der Waals surface area contributed by atoms with Crippen molar-refractivity contribution < 1.29 is 22.4 Å². The summed E-state index contributed by atoms with van der Waals surface area (Å²) < 4.78 is 43.6. The number of rotatable bonds is 11. The quantitative estimate of drug-likeness (QED) is 0.191. The number of anilines is 1. The van der Waals surface area contributed by atoms with Crippen LogP contribution in [0.4, 0.5) is 10.1 Å². The number of hydrogen-bond donors (Lipinski definition) is 1. The van der Waals surface area contributed by atoms with Crippen molar-refractivity contribution in [2.24, 2.45) is 0 Å². The molecule has 10 heteroatoms. The van der Waals surface area contributed by atoms with E-state index in [2.05, 4.69) is 21.2 Å². The fourth-order valence-electron chi connectivity index (χ4n) is 4.77. The zero-order chi connectivity index (χ0) is 32.8.